The minimum atomic E-state index is -0.406. The normalized spacial score (nSPS) is 10.7. The highest BCUT2D eigenvalue weighted by Crippen LogP contribution is 2.32. The Labute approximate surface area is 166 Å². The monoisotopic (exact) mass is 390 g/mol. The first-order valence-electron chi connectivity index (χ1n) is 8.92. The average Bonchev–Trinajstić information content (AvgIpc) is 2.73. The first-order valence-corrected chi connectivity index (χ1v) is 8.92. The molecular formula is C23H18O6. The highest BCUT2D eigenvalue weighted by molar-refractivity contribution is 5.84. The molecule has 6 nitrogen and oxygen atoms in total. The second kappa shape index (κ2) is 7.98. The molecule has 3 aromatic carbocycles. The van der Waals surface area contributed by atoms with E-state index in [-0.39, 0.29) is 29.3 Å². The summed E-state index contributed by atoms with van der Waals surface area (Å²) in [6, 6.07) is 20.5. The Morgan fingerprint density at radius 3 is 2.38 bits per heavy atom. The molecule has 0 spiro atoms. The summed E-state index contributed by atoms with van der Waals surface area (Å²) in [6.45, 7) is 0.277. The summed E-state index contributed by atoms with van der Waals surface area (Å²) < 4.78 is 22.2. The third-order valence-electron chi connectivity index (χ3n) is 4.29. The van der Waals surface area contributed by atoms with Crippen molar-refractivity contribution in [1.82, 2.24) is 0 Å². The molecule has 0 aliphatic rings. The second-order valence-electron chi connectivity index (χ2n) is 6.30. The van der Waals surface area contributed by atoms with Gasteiger partial charge in [-0.1, -0.05) is 30.3 Å². The van der Waals surface area contributed by atoms with Gasteiger partial charge in [-0.05, 0) is 29.8 Å². The fourth-order valence-corrected chi connectivity index (χ4v) is 2.85. The Balaban J connectivity index is 1.60. The fraction of sp³-hybridized carbons (Fsp3) is 0.0870. The molecule has 0 saturated heterocycles. The largest absolute Gasteiger partial charge is 0.507 e. The van der Waals surface area contributed by atoms with Gasteiger partial charge in [0.1, 0.15) is 40.6 Å². The molecule has 0 amide bonds. The van der Waals surface area contributed by atoms with Crippen LogP contribution in [-0.4, -0.2) is 12.2 Å². The topological polar surface area (TPSA) is 78.1 Å². The zero-order chi connectivity index (χ0) is 20.2. The van der Waals surface area contributed by atoms with Gasteiger partial charge in [-0.3, -0.25) is 4.79 Å². The third kappa shape index (κ3) is 4.16. The fourth-order valence-electron chi connectivity index (χ4n) is 2.85. The smallest absolute Gasteiger partial charge is 0.294 e. The van der Waals surface area contributed by atoms with Crippen LogP contribution < -0.4 is 19.6 Å². The maximum atomic E-state index is 12.4. The standard InChI is InChI=1S/C23H18O6/c1-26-16-9-7-15(8-10-16)14-27-18-11-19(24)23-20(25)13-22(29-21(23)12-18)28-17-5-3-2-4-6-17/h2-13,24H,14H2,1H3. The first-order chi connectivity index (χ1) is 14.1. The zero-order valence-electron chi connectivity index (χ0n) is 15.6. The van der Waals surface area contributed by atoms with E-state index in [0.717, 1.165) is 11.3 Å². The summed E-state index contributed by atoms with van der Waals surface area (Å²) in [5, 5.41) is 10.4. The van der Waals surface area contributed by atoms with Crippen LogP contribution in [0.5, 0.6) is 28.9 Å². The number of aromatic hydroxyl groups is 1. The number of phenols is 1. The summed E-state index contributed by atoms with van der Waals surface area (Å²) in [7, 11) is 1.60. The van der Waals surface area contributed by atoms with Gasteiger partial charge in [0.05, 0.1) is 13.2 Å². The van der Waals surface area contributed by atoms with Gasteiger partial charge in [0.15, 0.2) is 5.43 Å². The van der Waals surface area contributed by atoms with Crippen molar-refractivity contribution in [2.45, 2.75) is 6.61 Å². The van der Waals surface area contributed by atoms with Crippen LogP contribution in [0.25, 0.3) is 11.0 Å². The Morgan fingerprint density at radius 1 is 0.897 bits per heavy atom. The highest BCUT2D eigenvalue weighted by Gasteiger charge is 2.13. The molecule has 4 rings (SSSR count). The maximum absolute atomic E-state index is 12.4. The van der Waals surface area contributed by atoms with Crippen LogP contribution in [0, 0.1) is 0 Å². The van der Waals surface area contributed by atoms with Crippen LogP contribution in [0.1, 0.15) is 5.56 Å². The maximum Gasteiger partial charge on any atom is 0.294 e. The molecule has 0 aliphatic carbocycles. The number of para-hydroxylation sites is 1. The van der Waals surface area contributed by atoms with E-state index in [0.29, 0.717) is 11.5 Å². The third-order valence-corrected chi connectivity index (χ3v) is 4.29. The van der Waals surface area contributed by atoms with Crippen molar-refractivity contribution < 1.29 is 23.7 Å². The van der Waals surface area contributed by atoms with Gasteiger partial charge in [-0.15, -0.1) is 0 Å². The molecular weight excluding hydrogens is 372 g/mol. The predicted octanol–water partition coefficient (Wildman–Crippen LogP) is 4.88. The molecule has 1 aromatic heterocycles. The summed E-state index contributed by atoms with van der Waals surface area (Å²) in [5.41, 5.74) is 0.692. The highest BCUT2D eigenvalue weighted by atomic mass is 16.6. The molecule has 29 heavy (non-hydrogen) atoms. The van der Waals surface area contributed by atoms with Crippen molar-refractivity contribution in [3.05, 3.63) is 88.6 Å². The Morgan fingerprint density at radius 2 is 1.66 bits per heavy atom. The van der Waals surface area contributed by atoms with E-state index in [2.05, 4.69) is 0 Å². The SMILES string of the molecule is COc1ccc(COc2cc(O)c3c(=O)cc(Oc4ccccc4)oc3c2)cc1. The Kier molecular flexibility index (Phi) is 5.07. The first kappa shape index (κ1) is 18.4. The number of benzene rings is 3. The van der Waals surface area contributed by atoms with Crippen molar-refractivity contribution in [2.75, 3.05) is 7.11 Å². The van der Waals surface area contributed by atoms with Crippen molar-refractivity contribution in [3.63, 3.8) is 0 Å². The molecule has 1 N–H and O–H groups in total. The van der Waals surface area contributed by atoms with Crippen LogP contribution in [-0.2, 0) is 6.61 Å². The molecule has 0 unspecified atom stereocenters. The molecule has 0 bridgehead atoms. The van der Waals surface area contributed by atoms with Crippen LogP contribution in [0.4, 0.5) is 0 Å². The quantitative estimate of drug-likeness (QED) is 0.506. The van der Waals surface area contributed by atoms with Crippen molar-refractivity contribution in [3.8, 4) is 28.9 Å². The molecule has 4 aromatic rings. The van der Waals surface area contributed by atoms with Crippen LogP contribution in [0.3, 0.4) is 0 Å². The number of rotatable bonds is 6. The van der Waals surface area contributed by atoms with E-state index < -0.39 is 5.43 Å². The van der Waals surface area contributed by atoms with E-state index >= 15 is 0 Å². The Hall–Kier alpha value is -3.93. The van der Waals surface area contributed by atoms with Gasteiger partial charge in [-0.25, -0.2) is 0 Å². The average molecular weight is 390 g/mol. The predicted molar refractivity (Wildman–Crippen MR) is 108 cm³/mol. The number of hydrogen-bond acceptors (Lipinski definition) is 6. The minimum absolute atomic E-state index is 0.0282. The summed E-state index contributed by atoms with van der Waals surface area (Å²) in [6.07, 6.45) is 0. The van der Waals surface area contributed by atoms with E-state index in [1.54, 1.807) is 25.3 Å². The van der Waals surface area contributed by atoms with Crippen LogP contribution in [0.2, 0.25) is 0 Å². The van der Waals surface area contributed by atoms with Gasteiger partial charge in [0.25, 0.3) is 5.95 Å². The number of methoxy groups -OCH3 is 1. The van der Waals surface area contributed by atoms with Crippen molar-refractivity contribution in [1.29, 1.82) is 0 Å². The lowest BCUT2D eigenvalue weighted by Gasteiger charge is -2.10. The van der Waals surface area contributed by atoms with Gasteiger partial charge in [-0.2, -0.15) is 0 Å². The summed E-state index contributed by atoms with van der Waals surface area (Å²) in [4.78, 5) is 12.4. The molecule has 0 radical (unpaired) electrons. The van der Waals surface area contributed by atoms with Gasteiger partial charge < -0.3 is 23.7 Å². The van der Waals surface area contributed by atoms with Crippen molar-refractivity contribution in [2.24, 2.45) is 0 Å². The lowest BCUT2D eigenvalue weighted by molar-refractivity contribution is 0.303. The van der Waals surface area contributed by atoms with Gasteiger partial charge >= 0.3 is 0 Å². The second-order valence-corrected chi connectivity index (χ2v) is 6.30. The van der Waals surface area contributed by atoms with Gasteiger partial charge in [0, 0.05) is 12.1 Å². The summed E-state index contributed by atoms with van der Waals surface area (Å²) >= 11 is 0. The number of phenolic OH excluding ortho intramolecular Hbond substituents is 1. The molecule has 0 atom stereocenters. The summed E-state index contributed by atoms with van der Waals surface area (Å²) in [5.74, 6) is 1.47. The van der Waals surface area contributed by atoms with E-state index in [4.69, 9.17) is 18.6 Å². The molecule has 0 saturated carbocycles. The van der Waals surface area contributed by atoms with Crippen LogP contribution >= 0.6 is 0 Å². The Bertz CT molecular complexity index is 1180. The zero-order valence-corrected chi connectivity index (χ0v) is 15.6. The molecule has 0 aliphatic heterocycles. The van der Waals surface area contributed by atoms with Crippen LogP contribution in [0.15, 0.2) is 82.0 Å². The van der Waals surface area contributed by atoms with E-state index in [1.807, 2.05) is 42.5 Å². The molecule has 6 heteroatoms. The number of fused-ring (bicyclic) bond motifs is 1. The molecule has 146 valence electrons. The van der Waals surface area contributed by atoms with E-state index in [1.165, 1.54) is 12.1 Å². The molecule has 1 heterocycles. The lowest BCUT2D eigenvalue weighted by atomic mass is 10.2. The molecule has 0 fully saturated rings. The number of hydrogen-bond donors (Lipinski definition) is 1. The lowest BCUT2D eigenvalue weighted by Crippen LogP contribution is -2.02. The minimum Gasteiger partial charge on any atom is -0.507 e. The number of ether oxygens (including phenoxy) is 3. The van der Waals surface area contributed by atoms with E-state index in [9.17, 15) is 9.90 Å². The van der Waals surface area contributed by atoms with Crippen molar-refractivity contribution >= 4 is 11.0 Å². The van der Waals surface area contributed by atoms with Gasteiger partial charge in [0.2, 0.25) is 0 Å².